The van der Waals surface area contributed by atoms with Crippen LogP contribution in [0.1, 0.15) is 53.9 Å². The first-order chi connectivity index (χ1) is 6.87. The maximum atomic E-state index is 5.26. The quantitative estimate of drug-likeness (QED) is 0.658. The molecule has 2 heteroatoms. The lowest BCUT2D eigenvalue weighted by Gasteiger charge is -2.21. The minimum atomic E-state index is 0.299. The van der Waals surface area contributed by atoms with Crippen LogP contribution in [0.4, 0.5) is 0 Å². The van der Waals surface area contributed by atoms with E-state index in [1.165, 1.54) is 19.3 Å². The SMILES string of the molecule is COC(C)C(C)NCCCCC(C)(C)C. The van der Waals surface area contributed by atoms with Crippen LogP contribution in [0.25, 0.3) is 0 Å². The summed E-state index contributed by atoms with van der Waals surface area (Å²) >= 11 is 0. The van der Waals surface area contributed by atoms with Crippen molar-refractivity contribution in [3.05, 3.63) is 0 Å². The van der Waals surface area contributed by atoms with Crippen LogP contribution in [0.5, 0.6) is 0 Å². The largest absolute Gasteiger partial charge is 0.380 e. The van der Waals surface area contributed by atoms with Crippen molar-refractivity contribution in [2.75, 3.05) is 13.7 Å². The molecule has 2 unspecified atom stereocenters. The van der Waals surface area contributed by atoms with E-state index in [9.17, 15) is 0 Å². The summed E-state index contributed by atoms with van der Waals surface area (Å²) in [6.07, 6.45) is 4.18. The number of nitrogens with one attached hydrogen (secondary N) is 1. The summed E-state index contributed by atoms with van der Waals surface area (Å²) < 4.78 is 5.26. The third kappa shape index (κ3) is 8.88. The highest BCUT2D eigenvalue weighted by Crippen LogP contribution is 2.21. The van der Waals surface area contributed by atoms with E-state index in [0.717, 1.165) is 6.54 Å². The molecule has 0 aliphatic carbocycles. The van der Waals surface area contributed by atoms with Gasteiger partial charge in [-0.15, -0.1) is 0 Å². The maximum absolute atomic E-state index is 5.26. The van der Waals surface area contributed by atoms with Gasteiger partial charge in [0.2, 0.25) is 0 Å². The minimum absolute atomic E-state index is 0.299. The molecule has 0 saturated heterocycles. The average molecular weight is 215 g/mol. The molecule has 0 bridgehead atoms. The summed E-state index contributed by atoms with van der Waals surface area (Å²) in [6, 6.07) is 0.449. The van der Waals surface area contributed by atoms with Crippen LogP contribution in [-0.2, 0) is 4.74 Å². The van der Waals surface area contributed by atoms with Crippen molar-refractivity contribution in [3.63, 3.8) is 0 Å². The highest BCUT2D eigenvalue weighted by molar-refractivity contribution is 4.68. The first kappa shape index (κ1) is 14.9. The van der Waals surface area contributed by atoms with Gasteiger partial charge in [0.05, 0.1) is 6.10 Å². The van der Waals surface area contributed by atoms with Gasteiger partial charge in [0, 0.05) is 13.2 Å². The Morgan fingerprint density at radius 3 is 2.20 bits per heavy atom. The maximum Gasteiger partial charge on any atom is 0.0693 e. The summed E-state index contributed by atoms with van der Waals surface area (Å²) in [7, 11) is 1.77. The monoisotopic (exact) mass is 215 g/mol. The second-order valence-electron chi connectivity index (χ2n) is 5.70. The van der Waals surface area contributed by atoms with Crippen molar-refractivity contribution in [2.24, 2.45) is 5.41 Å². The predicted octanol–water partition coefficient (Wildman–Crippen LogP) is 3.22. The second kappa shape index (κ2) is 7.24. The Labute approximate surface area is 95.8 Å². The zero-order valence-corrected chi connectivity index (χ0v) is 11.4. The molecule has 0 aliphatic heterocycles. The van der Waals surface area contributed by atoms with E-state index in [1.807, 2.05) is 0 Å². The third-order valence-electron chi connectivity index (χ3n) is 2.90. The van der Waals surface area contributed by atoms with Crippen molar-refractivity contribution in [1.29, 1.82) is 0 Å². The predicted molar refractivity (Wildman–Crippen MR) is 67.2 cm³/mol. The normalized spacial score (nSPS) is 16.4. The summed E-state index contributed by atoms with van der Waals surface area (Å²) in [5.74, 6) is 0. The summed E-state index contributed by atoms with van der Waals surface area (Å²) in [6.45, 7) is 12.3. The molecule has 0 aliphatic rings. The fraction of sp³-hybridized carbons (Fsp3) is 1.00. The molecule has 0 amide bonds. The van der Waals surface area contributed by atoms with Gasteiger partial charge in [0.15, 0.2) is 0 Å². The zero-order valence-electron chi connectivity index (χ0n) is 11.4. The summed E-state index contributed by atoms with van der Waals surface area (Å²) in [5, 5.41) is 3.49. The van der Waals surface area contributed by atoms with Gasteiger partial charge in [-0.3, -0.25) is 0 Å². The molecule has 0 heterocycles. The first-order valence-corrected chi connectivity index (χ1v) is 6.13. The fourth-order valence-electron chi connectivity index (χ4n) is 1.48. The topological polar surface area (TPSA) is 21.3 Å². The van der Waals surface area contributed by atoms with Gasteiger partial charge >= 0.3 is 0 Å². The molecule has 0 radical (unpaired) electrons. The number of ether oxygens (including phenoxy) is 1. The molecule has 0 saturated carbocycles. The molecule has 92 valence electrons. The van der Waals surface area contributed by atoms with Crippen LogP contribution in [0.2, 0.25) is 0 Å². The van der Waals surface area contributed by atoms with E-state index < -0.39 is 0 Å². The molecule has 2 nitrogen and oxygen atoms in total. The molecule has 0 rings (SSSR count). The van der Waals surface area contributed by atoms with Gasteiger partial charge in [-0.2, -0.15) is 0 Å². The van der Waals surface area contributed by atoms with E-state index in [4.69, 9.17) is 4.74 Å². The number of rotatable bonds is 7. The molecule has 0 aromatic heterocycles. The first-order valence-electron chi connectivity index (χ1n) is 6.13. The fourth-order valence-corrected chi connectivity index (χ4v) is 1.48. The Morgan fingerprint density at radius 1 is 1.13 bits per heavy atom. The van der Waals surface area contributed by atoms with Gasteiger partial charge in [0.1, 0.15) is 0 Å². The molecule has 0 aromatic rings. The minimum Gasteiger partial charge on any atom is -0.380 e. The van der Waals surface area contributed by atoms with Crippen LogP contribution in [0.15, 0.2) is 0 Å². The van der Waals surface area contributed by atoms with Crippen LogP contribution < -0.4 is 5.32 Å². The number of hydrogen-bond donors (Lipinski definition) is 1. The highest BCUT2D eigenvalue weighted by Gasteiger charge is 2.11. The van der Waals surface area contributed by atoms with Crippen LogP contribution in [0, 0.1) is 5.41 Å². The van der Waals surface area contributed by atoms with Crippen LogP contribution in [-0.4, -0.2) is 25.8 Å². The molecule has 0 fully saturated rings. The van der Waals surface area contributed by atoms with Gasteiger partial charge in [-0.1, -0.05) is 27.2 Å². The standard InChI is InChI=1S/C13H29NO/c1-11(12(2)15-6)14-10-8-7-9-13(3,4)5/h11-12,14H,7-10H2,1-6H3. The average Bonchev–Trinajstić information content (AvgIpc) is 2.14. The lowest BCUT2D eigenvalue weighted by molar-refractivity contribution is 0.0886. The van der Waals surface area contributed by atoms with Gasteiger partial charge < -0.3 is 10.1 Å². The molecular formula is C13H29NO. The smallest absolute Gasteiger partial charge is 0.0693 e. The van der Waals surface area contributed by atoms with Crippen molar-refractivity contribution in [2.45, 2.75) is 66.0 Å². The van der Waals surface area contributed by atoms with Crippen molar-refractivity contribution >= 4 is 0 Å². The second-order valence-corrected chi connectivity index (χ2v) is 5.70. The van der Waals surface area contributed by atoms with Crippen molar-refractivity contribution < 1.29 is 4.74 Å². The zero-order chi connectivity index (χ0) is 11.9. The van der Waals surface area contributed by atoms with E-state index >= 15 is 0 Å². The number of methoxy groups -OCH3 is 1. The lowest BCUT2D eigenvalue weighted by Crippen LogP contribution is -2.37. The Bertz CT molecular complexity index is 151. The molecule has 0 aromatic carbocycles. The Morgan fingerprint density at radius 2 is 1.73 bits per heavy atom. The number of unbranched alkanes of at least 4 members (excludes halogenated alkanes) is 1. The molecule has 1 N–H and O–H groups in total. The number of hydrogen-bond acceptors (Lipinski definition) is 2. The Balaban J connectivity index is 3.39. The van der Waals surface area contributed by atoms with Crippen molar-refractivity contribution in [3.8, 4) is 0 Å². The van der Waals surface area contributed by atoms with Gasteiger partial charge in [-0.05, 0) is 38.6 Å². The van der Waals surface area contributed by atoms with Gasteiger partial charge in [0.25, 0.3) is 0 Å². The van der Waals surface area contributed by atoms with Crippen molar-refractivity contribution in [1.82, 2.24) is 5.32 Å². The molecule has 2 atom stereocenters. The molecule has 15 heavy (non-hydrogen) atoms. The van der Waals surface area contributed by atoms with E-state index in [0.29, 0.717) is 17.6 Å². The third-order valence-corrected chi connectivity index (χ3v) is 2.90. The summed E-state index contributed by atoms with van der Waals surface area (Å²) in [5.41, 5.74) is 0.478. The molecular weight excluding hydrogens is 186 g/mol. The Kier molecular flexibility index (Phi) is 7.20. The molecule has 0 spiro atoms. The summed E-state index contributed by atoms with van der Waals surface area (Å²) in [4.78, 5) is 0. The van der Waals surface area contributed by atoms with E-state index in [-0.39, 0.29) is 0 Å². The highest BCUT2D eigenvalue weighted by atomic mass is 16.5. The lowest BCUT2D eigenvalue weighted by atomic mass is 9.90. The van der Waals surface area contributed by atoms with Crippen LogP contribution >= 0.6 is 0 Å². The van der Waals surface area contributed by atoms with E-state index in [1.54, 1.807) is 7.11 Å². The van der Waals surface area contributed by atoms with Crippen LogP contribution in [0.3, 0.4) is 0 Å². The van der Waals surface area contributed by atoms with E-state index in [2.05, 4.69) is 39.9 Å². The van der Waals surface area contributed by atoms with Gasteiger partial charge in [-0.25, -0.2) is 0 Å². The Hall–Kier alpha value is -0.0800.